The van der Waals surface area contributed by atoms with Gasteiger partial charge in [-0.15, -0.1) is 0 Å². The van der Waals surface area contributed by atoms with Gasteiger partial charge >= 0.3 is 0 Å². The van der Waals surface area contributed by atoms with Crippen molar-refractivity contribution in [2.45, 2.75) is 19.3 Å². The lowest BCUT2D eigenvalue weighted by atomic mass is 10.00. The van der Waals surface area contributed by atoms with E-state index in [1.165, 1.54) is 12.1 Å². The lowest BCUT2D eigenvalue weighted by Gasteiger charge is -2.07. The number of benzene rings is 2. The average molecular weight is 386 g/mol. The monoisotopic (exact) mass is 384 g/mol. The molecule has 0 aliphatic heterocycles. The van der Waals surface area contributed by atoms with Gasteiger partial charge in [-0.3, -0.25) is 0 Å². The molecule has 0 saturated carbocycles. The smallest absolute Gasteiger partial charge is 0.124 e. The van der Waals surface area contributed by atoms with Crippen LogP contribution in [0.15, 0.2) is 30.3 Å². The van der Waals surface area contributed by atoms with Crippen molar-refractivity contribution in [3.63, 3.8) is 0 Å². The number of hydrogen-bond donors (Lipinski definition) is 2. The van der Waals surface area contributed by atoms with Gasteiger partial charge in [0, 0.05) is 16.0 Å². The van der Waals surface area contributed by atoms with Crippen molar-refractivity contribution in [1.29, 1.82) is 0 Å². The summed E-state index contributed by atoms with van der Waals surface area (Å²) in [5.41, 5.74) is 9.06. The summed E-state index contributed by atoms with van der Waals surface area (Å²) in [5.74, 6) is -0.370. The van der Waals surface area contributed by atoms with E-state index in [-0.39, 0.29) is 5.82 Å². The first kappa shape index (κ1) is 17.6. The quantitative estimate of drug-likeness (QED) is 0.503. The van der Waals surface area contributed by atoms with Gasteiger partial charge in [-0.2, -0.15) is 0 Å². The Morgan fingerprint density at radius 2 is 1.79 bits per heavy atom. The molecule has 2 nitrogen and oxygen atoms in total. The second-order valence-electron chi connectivity index (χ2n) is 5.66. The SMILES string of the molecule is NCCCCc1c(-c2ccc(F)cc2Cl)[nH]c2c(Cl)cc(Cl)cc12. The normalized spacial score (nSPS) is 11.4. The Hall–Kier alpha value is -1.26. The van der Waals surface area contributed by atoms with Crippen LogP contribution in [0.4, 0.5) is 4.39 Å². The highest BCUT2D eigenvalue weighted by molar-refractivity contribution is 6.38. The molecule has 0 aliphatic carbocycles. The summed E-state index contributed by atoms with van der Waals surface area (Å²) < 4.78 is 13.4. The summed E-state index contributed by atoms with van der Waals surface area (Å²) in [5, 5.41) is 2.43. The van der Waals surface area contributed by atoms with E-state index in [9.17, 15) is 4.39 Å². The fourth-order valence-electron chi connectivity index (χ4n) is 2.90. The van der Waals surface area contributed by atoms with Crippen LogP contribution in [0.2, 0.25) is 15.1 Å². The molecular formula is C18H16Cl3FN2. The second-order valence-corrected chi connectivity index (χ2v) is 6.91. The molecule has 0 fully saturated rings. The third-order valence-electron chi connectivity index (χ3n) is 4.01. The van der Waals surface area contributed by atoms with Crippen molar-refractivity contribution in [3.05, 3.63) is 56.8 Å². The number of aromatic amines is 1. The Morgan fingerprint density at radius 1 is 1.00 bits per heavy atom. The first-order valence-corrected chi connectivity index (χ1v) is 8.79. The number of H-pyrrole nitrogens is 1. The highest BCUT2D eigenvalue weighted by Gasteiger charge is 2.17. The third-order valence-corrected chi connectivity index (χ3v) is 4.84. The van der Waals surface area contributed by atoms with Crippen LogP contribution in [0.5, 0.6) is 0 Å². The zero-order chi connectivity index (χ0) is 17.3. The standard InChI is InChI=1S/C18H16Cl3FN2/c19-10-7-14-12(3-1-2-6-23)17(24-18(14)16(21)8-10)13-5-4-11(22)9-15(13)20/h4-5,7-9,24H,1-3,6,23H2. The molecule has 3 rings (SSSR count). The highest BCUT2D eigenvalue weighted by atomic mass is 35.5. The molecule has 0 saturated heterocycles. The molecule has 0 atom stereocenters. The molecule has 0 aliphatic rings. The fraction of sp³-hybridized carbons (Fsp3) is 0.222. The second kappa shape index (κ2) is 7.32. The number of fused-ring (bicyclic) bond motifs is 1. The number of nitrogens with one attached hydrogen (secondary N) is 1. The van der Waals surface area contributed by atoms with Crippen LogP contribution in [-0.4, -0.2) is 11.5 Å². The number of rotatable bonds is 5. The molecule has 126 valence electrons. The molecule has 24 heavy (non-hydrogen) atoms. The molecule has 2 aromatic carbocycles. The van der Waals surface area contributed by atoms with Gasteiger partial charge in [0.15, 0.2) is 0 Å². The molecule has 3 N–H and O–H groups in total. The zero-order valence-corrected chi connectivity index (χ0v) is 15.1. The van der Waals surface area contributed by atoms with Gasteiger partial charge in [0.25, 0.3) is 0 Å². The molecule has 0 bridgehead atoms. The number of nitrogens with two attached hydrogens (primary N) is 1. The van der Waals surface area contributed by atoms with E-state index in [0.717, 1.165) is 47.0 Å². The van der Waals surface area contributed by atoms with Crippen LogP contribution >= 0.6 is 34.8 Å². The van der Waals surface area contributed by atoms with Gasteiger partial charge in [-0.25, -0.2) is 4.39 Å². The lowest BCUT2D eigenvalue weighted by Crippen LogP contribution is -1.99. The minimum Gasteiger partial charge on any atom is -0.353 e. The van der Waals surface area contributed by atoms with Crippen LogP contribution in [0.1, 0.15) is 18.4 Å². The maximum atomic E-state index is 13.4. The minimum atomic E-state index is -0.370. The van der Waals surface area contributed by atoms with Gasteiger partial charge in [0.1, 0.15) is 5.82 Å². The largest absolute Gasteiger partial charge is 0.353 e. The molecule has 0 radical (unpaired) electrons. The van der Waals surface area contributed by atoms with E-state index in [2.05, 4.69) is 4.98 Å². The fourth-order valence-corrected chi connectivity index (χ4v) is 3.70. The van der Waals surface area contributed by atoms with E-state index < -0.39 is 0 Å². The van der Waals surface area contributed by atoms with Crippen LogP contribution < -0.4 is 5.73 Å². The summed E-state index contributed by atoms with van der Waals surface area (Å²) >= 11 is 18.8. The van der Waals surface area contributed by atoms with E-state index >= 15 is 0 Å². The first-order chi connectivity index (χ1) is 11.5. The molecule has 3 aromatic rings. The molecular weight excluding hydrogens is 370 g/mol. The van der Waals surface area contributed by atoms with Crippen molar-refractivity contribution in [1.82, 2.24) is 4.98 Å². The number of halogens is 4. The Morgan fingerprint density at radius 3 is 2.50 bits per heavy atom. The van der Waals surface area contributed by atoms with Crippen molar-refractivity contribution in [2.75, 3.05) is 6.54 Å². The van der Waals surface area contributed by atoms with E-state index in [0.29, 0.717) is 21.6 Å². The Kier molecular flexibility index (Phi) is 5.36. The average Bonchev–Trinajstić information content (AvgIpc) is 2.86. The van der Waals surface area contributed by atoms with Crippen molar-refractivity contribution in [2.24, 2.45) is 5.73 Å². The number of aryl methyl sites for hydroxylation is 1. The summed E-state index contributed by atoms with van der Waals surface area (Å²) in [6, 6.07) is 7.95. The van der Waals surface area contributed by atoms with Crippen LogP contribution in [-0.2, 0) is 6.42 Å². The van der Waals surface area contributed by atoms with Crippen molar-refractivity contribution >= 4 is 45.7 Å². The summed E-state index contributed by atoms with van der Waals surface area (Å²) in [6.07, 6.45) is 2.65. The predicted molar refractivity (Wildman–Crippen MR) is 101 cm³/mol. The number of aromatic nitrogens is 1. The summed E-state index contributed by atoms with van der Waals surface area (Å²) in [6.45, 7) is 0.635. The van der Waals surface area contributed by atoms with Gasteiger partial charge in [0.2, 0.25) is 0 Å². The van der Waals surface area contributed by atoms with E-state index in [4.69, 9.17) is 40.5 Å². The molecule has 0 amide bonds. The lowest BCUT2D eigenvalue weighted by molar-refractivity contribution is 0.628. The Labute approximate surface area is 154 Å². The van der Waals surface area contributed by atoms with Crippen molar-refractivity contribution < 1.29 is 4.39 Å². The third kappa shape index (κ3) is 3.40. The topological polar surface area (TPSA) is 41.8 Å². The van der Waals surface area contributed by atoms with E-state index in [1.807, 2.05) is 6.07 Å². The van der Waals surface area contributed by atoms with E-state index in [1.54, 1.807) is 12.1 Å². The minimum absolute atomic E-state index is 0.351. The Balaban J connectivity index is 2.21. The molecule has 0 unspecified atom stereocenters. The van der Waals surface area contributed by atoms with Gasteiger partial charge < -0.3 is 10.7 Å². The number of hydrogen-bond acceptors (Lipinski definition) is 1. The van der Waals surface area contributed by atoms with Gasteiger partial charge in [0.05, 0.1) is 21.3 Å². The zero-order valence-electron chi connectivity index (χ0n) is 12.8. The molecule has 1 aromatic heterocycles. The molecule has 6 heteroatoms. The highest BCUT2D eigenvalue weighted by Crippen LogP contribution is 2.39. The maximum absolute atomic E-state index is 13.4. The first-order valence-electron chi connectivity index (χ1n) is 7.66. The van der Waals surface area contributed by atoms with Crippen molar-refractivity contribution in [3.8, 4) is 11.3 Å². The predicted octanol–water partition coefficient (Wildman–Crippen LogP) is 6.22. The number of unbranched alkanes of at least 4 members (excludes halogenated alkanes) is 1. The molecule has 1 heterocycles. The van der Waals surface area contributed by atoms with Gasteiger partial charge in [-0.1, -0.05) is 34.8 Å². The van der Waals surface area contributed by atoms with Crippen LogP contribution in [0, 0.1) is 5.82 Å². The molecule has 0 spiro atoms. The van der Waals surface area contributed by atoms with Crippen LogP contribution in [0.25, 0.3) is 22.2 Å². The maximum Gasteiger partial charge on any atom is 0.124 e. The summed E-state index contributed by atoms with van der Waals surface area (Å²) in [7, 11) is 0. The summed E-state index contributed by atoms with van der Waals surface area (Å²) in [4.78, 5) is 3.33. The van der Waals surface area contributed by atoms with Crippen LogP contribution in [0.3, 0.4) is 0 Å². The Bertz CT molecular complexity index is 890. The van der Waals surface area contributed by atoms with Gasteiger partial charge in [-0.05, 0) is 61.7 Å².